The smallest absolute Gasteiger partial charge is 0.267 e. The van der Waals surface area contributed by atoms with Gasteiger partial charge in [0, 0.05) is 19.5 Å². The van der Waals surface area contributed by atoms with Gasteiger partial charge >= 0.3 is 0 Å². The summed E-state index contributed by atoms with van der Waals surface area (Å²) in [5.41, 5.74) is 0.937. The van der Waals surface area contributed by atoms with E-state index in [0.29, 0.717) is 18.9 Å². The molecule has 0 saturated carbocycles. The molecule has 21 heavy (non-hydrogen) atoms. The first-order valence-electron chi connectivity index (χ1n) is 7.26. The highest BCUT2D eigenvalue weighted by atomic mass is 16.6. The van der Waals surface area contributed by atoms with E-state index in [2.05, 4.69) is 29.2 Å². The minimum atomic E-state index is -0.511. The van der Waals surface area contributed by atoms with Crippen LogP contribution >= 0.6 is 0 Å². The number of carbonyl (C=O) groups excluding carboxylic acids is 1. The second kappa shape index (κ2) is 6.24. The number of likely N-dealkylation sites (N-methyl/N-ethyl adjacent to an activating group) is 1. The highest BCUT2D eigenvalue weighted by molar-refractivity contribution is 5.93. The zero-order valence-corrected chi connectivity index (χ0v) is 13.3. The number of aromatic nitrogens is 3. The Morgan fingerprint density at radius 2 is 2.19 bits per heavy atom. The van der Waals surface area contributed by atoms with Crippen molar-refractivity contribution in [3.05, 3.63) is 12.2 Å². The average molecular weight is 293 g/mol. The maximum absolute atomic E-state index is 12.4. The van der Waals surface area contributed by atoms with Gasteiger partial charge in [-0.15, -0.1) is 10.2 Å². The van der Waals surface area contributed by atoms with Crippen molar-refractivity contribution in [2.75, 3.05) is 7.05 Å². The van der Waals surface area contributed by atoms with Gasteiger partial charge in [0.1, 0.15) is 6.33 Å². The number of amides is 1. The van der Waals surface area contributed by atoms with Crippen LogP contribution in [-0.4, -0.2) is 44.4 Å². The summed E-state index contributed by atoms with van der Waals surface area (Å²) in [6.45, 7) is 8.61. The van der Waals surface area contributed by atoms with E-state index in [4.69, 9.17) is 4.84 Å². The average Bonchev–Trinajstić information content (AvgIpc) is 3.06. The Bertz CT molecular complexity index is 535. The Morgan fingerprint density at radius 1 is 1.48 bits per heavy atom. The van der Waals surface area contributed by atoms with Gasteiger partial charge in [-0.2, -0.15) is 0 Å². The predicted octanol–water partition coefficient (Wildman–Crippen LogP) is 1.62. The SMILES string of the molecule is CC(C)C1=NO[C@H](C(=O)N(C)Cc2nncn2C(C)C)C1. The molecule has 1 amide bonds. The van der Waals surface area contributed by atoms with Crippen molar-refractivity contribution in [3.8, 4) is 0 Å². The molecule has 0 spiro atoms. The van der Waals surface area contributed by atoms with Crippen molar-refractivity contribution in [2.24, 2.45) is 11.1 Å². The predicted molar refractivity (Wildman–Crippen MR) is 78.6 cm³/mol. The van der Waals surface area contributed by atoms with Crippen molar-refractivity contribution >= 4 is 11.6 Å². The molecule has 2 rings (SSSR count). The molecule has 0 aliphatic carbocycles. The monoisotopic (exact) mass is 293 g/mol. The van der Waals surface area contributed by atoms with Crippen LogP contribution in [-0.2, 0) is 16.2 Å². The minimum Gasteiger partial charge on any atom is -0.382 e. The van der Waals surface area contributed by atoms with Crippen LogP contribution in [0, 0.1) is 5.92 Å². The number of carbonyl (C=O) groups is 1. The van der Waals surface area contributed by atoms with E-state index in [0.717, 1.165) is 11.5 Å². The third-order valence-corrected chi connectivity index (χ3v) is 3.59. The van der Waals surface area contributed by atoms with Crippen LogP contribution in [0.25, 0.3) is 0 Å². The van der Waals surface area contributed by atoms with E-state index in [1.165, 1.54) is 0 Å². The molecular formula is C14H23N5O2. The van der Waals surface area contributed by atoms with E-state index in [1.54, 1.807) is 18.3 Å². The van der Waals surface area contributed by atoms with Gasteiger partial charge in [-0.05, 0) is 19.8 Å². The molecule has 1 aromatic heterocycles. The topological polar surface area (TPSA) is 72.6 Å². The van der Waals surface area contributed by atoms with Gasteiger partial charge in [-0.25, -0.2) is 0 Å². The first kappa shape index (κ1) is 15.5. The second-order valence-electron chi connectivity index (χ2n) is 5.98. The number of hydrogen-bond donors (Lipinski definition) is 0. The van der Waals surface area contributed by atoms with E-state index in [-0.39, 0.29) is 11.9 Å². The molecule has 0 bridgehead atoms. The van der Waals surface area contributed by atoms with Gasteiger partial charge in [-0.1, -0.05) is 19.0 Å². The molecule has 1 aliphatic rings. The van der Waals surface area contributed by atoms with Gasteiger partial charge < -0.3 is 14.3 Å². The lowest BCUT2D eigenvalue weighted by atomic mass is 10.0. The molecule has 116 valence electrons. The Labute approximate surface area is 125 Å². The van der Waals surface area contributed by atoms with Crippen molar-refractivity contribution < 1.29 is 9.63 Å². The van der Waals surface area contributed by atoms with E-state index >= 15 is 0 Å². The van der Waals surface area contributed by atoms with Gasteiger partial charge in [0.05, 0.1) is 12.3 Å². The third-order valence-electron chi connectivity index (χ3n) is 3.59. The molecule has 0 unspecified atom stereocenters. The van der Waals surface area contributed by atoms with Crippen LogP contribution in [0.4, 0.5) is 0 Å². The molecule has 1 atom stereocenters. The molecular weight excluding hydrogens is 270 g/mol. The van der Waals surface area contributed by atoms with E-state index in [9.17, 15) is 4.79 Å². The quantitative estimate of drug-likeness (QED) is 0.827. The van der Waals surface area contributed by atoms with Crippen molar-refractivity contribution in [1.29, 1.82) is 0 Å². The summed E-state index contributed by atoms with van der Waals surface area (Å²) < 4.78 is 1.95. The number of nitrogens with zero attached hydrogens (tertiary/aromatic N) is 5. The first-order valence-corrected chi connectivity index (χ1v) is 7.26. The molecule has 0 fully saturated rings. The summed E-state index contributed by atoms with van der Waals surface area (Å²) in [4.78, 5) is 19.3. The Morgan fingerprint density at radius 3 is 2.76 bits per heavy atom. The van der Waals surface area contributed by atoms with Crippen LogP contribution in [0.2, 0.25) is 0 Å². The normalized spacial score (nSPS) is 18.0. The van der Waals surface area contributed by atoms with Crippen LogP contribution in [0.5, 0.6) is 0 Å². The van der Waals surface area contributed by atoms with Gasteiger partial charge in [0.15, 0.2) is 5.82 Å². The summed E-state index contributed by atoms with van der Waals surface area (Å²) in [6.07, 6.45) is 1.74. The van der Waals surface area contributed by atoms with Crippen LogP contribution < -0.4 is 0 Å². The largest absolute Gasteiger partial charge is 0.382 e. The Balaban J connectivity index is 1.96. The molecule has 0 radical (unpaired) electrons. The molecule has 2 heterocycles. The molecule has 7 heteroatoms. The maximum Gasteiger partial charge on any atom is 0.267 e. The molecule has 7 nitrogen and oxygen atoms in total. The fourth-order valence-electron chi connectivity index (χ4n) is 2.22. The zero-order valence-electron chi connectivity index (χ0n) is 13.3. The highest BCUT2D eigenvalue weighted by Crippen LogP contribution is 2.18. The molecule has 1 aromatic rings. The minimum absolute atomic E-state index is 0.0762. The lowest BCUT2D eigenvalue weighted by molar-refractivity contribution is -0.141. The Kier molecular flexibility index (Phi) is 4.59. The maximum atomic E-state index is 12.4. The summed E-state index contributed by atoms with van der Waals surface area (Å²) in [7, 11) is 1.75. The van der Waals surface area contributed by atoms with Gasteiger partial charge in [0.25, 0.3) is 5.91 Å². The lowest BCUT2D eigenvalue weighted by Crippen LogP contribution is -2.37. The molecule has 0 aromatic carbocycles. The fraction of sp³-hybridized carbons (Fsp3) is 0.714. The third kappa shape index (κ3) is 3.40. The van der Waals surface area contributed by atoms with Crippen molar-refractivity contribution in [1.82, 2.24) is 19.7 Å². The first-order chi connectivity index (χ1) is 9.90. The number of hydrogen-bond acceptors (Lipinski definition) is 5. The van der Waals surface area contributed by atoms with Crippen LogP contribution in [0.1, 0.15) is 46.0 Å². The summed E-state index contributed by atoms with van der Waals surface area (Å²) in [6, 6.07) is 0.261. The van der Waals surface area contributed by atoms with Crippen LogP contribution in [0.3, 0.4) is 0 Å². The zero-order chi connectivity index (χ0) is 15.6. The fourth-order valence-corrected chi connectivity index (χ4v) is 2.22. The van der Waals surface area contributed by atoms with E-state index in [1.807, 2.05) is 18.4 Å². The van der Waals surface area contributed by atoms with Crippen molar-refractivity contribution in [3.63, 3.8) is 0 Å². The Hall–Kier alpha value is -1.92. The van der Waals surface area contributed by atoms with Gasteiger partial charge in [-0.3, -0.25) is 4.79 Å². The molecule has 0 saturated heterocycles. The summed E-state index contributed by atoms with van der Waals surface area (Å²) in [5.74, 6) is 0.994. The second-order valence-corrected chi connectivity index (χ2v) is 5.98. The molecule has 1 aliphatic heterocycles. The highest BCUT2D eigenvalue weighted by Gasteiger charge is 2.31. The summed E-state index contributed by atoms with van der Waals surface area (Å²) >= 11 is 0. The lowest BCUT2D eigenvalue weighted by Gasteiger charge is -2.20. The van der Waals surface area contributed by atoms with E-state index < -0.39 is 6.10 Å². The number of oxime groups is 1. The van der Waals surface area contributed by atoms with Crippen molar-refractivity contribution in [2.45, 2.75) is 52.8 Å². The van der Waals surface area contributed by atoms with Gasteiger partial charge in [0.2, 0.25) is 6.10 Å². The van der Waals surface area contributed by atoms with Crippen LogP contribution in [0.15, 0.2) is 11.5 Å². The number of rotatable bonds is 5. The summed E-state index contributed by atoms with van der Waals surface area (Å²) in [5, 5.41) is 12.0. The molecule has 0 N–H and O–H groups in total. The standard InChI is InChI=1S/C14H23N5O2/c1-9(2)11-6-12(21-17-11)14(20)18(5)7-13-16-15-8-19(13)10(3)4/h8-10,12H,6-7H2,1-5H3/t12-/m0/s1.